The summed E-state index contributed by atoms with van der Waals surface area (Å²) in [5.74, 6) is 0.773. The Balaban J connectivity index is 1.73. The van der Waals surface area contributed by atoms with Gasteiger partial charge in [0, 0.05) is 16.6 Å². The van der Waals surface area contributed by atoms with Crippen LogP contribution in [0.1, 0.15) is 0 Å². The van der Waals surface area contributed by atoms with Crippen molar-refractivity contribution in [1.29, 1.82) is 0 Å². The molecule has 0 bridgehead atoms. The van der Waals surface area contributed by atoms with Gasteiger partial charge in [-0.1, -0.05) is 57.2 Å². The Morgan fingerprint density at radius 2 is 2.12 bits per heavy atom. The monoisotopic (exact) mass is 436 g/mol. The van der Waals surface area contributed by atoms with Crippen molar-refractivity contribution in [3.05, 3.63) is 46.9 Å². The molecule has 7 nitrogen and oxygen atoms in total. The van der Waals surface area contributed by atoms with Gasteiger partial charge in [-0.2, -0.15) is 0 Å². The van der Waals surface area contributed by atoms with Crippen LogP contribution >= 0.6 is 39.0 Å². The molecule has 0 fully saturated rings. The quantitative estimate of drug-likeness (QED) is 0.450. The van der Waals surface area contributed by atoms with Crippen molar-refractivity contribution in [3.8, 4) is 11.4 Å². The van der Waals surface area contributed by atoms with E-state index < -0.39 is 0 Å². The molecule has 0 aliphatic heterocycles. The number of allylic oxidation sites excluding steroid dienone is 1. The summed E-state index contributed by atoms with van der Waals surface area (Å²) >= 11 is 6.01. The fourth-order valence-corrected chi connectivity index (χ4v) is 3.49. The topological polar surface area (TPSA) is 85.6 Å². The molecule has 0 saturated heterocycles. The van der Waals surface area contributed by atoms with E-state index in [9.17, 15) is 4.79 Å². The van der Waals surface area contributed by atoms with Crippen LogP contribution in [0.25, 0.3) is 11.4 Å². The zero-order valence-corrected chi connectivity index (χ0v) is 16.1. The number of nitrogens with one attached hydrogen (secondary N) is 1. The fourth-order valence-electron chi connectivity index (χ4n) is 2.01. The van der Waals surface area contributed by atoms with E-state index >= 15 is 0 Å². The summed E-state index contributed by atoms with van der Waals surface area (Å²) in [7, 11) is 0. The van der Waals surface area contributed by atoms with Crippen molar-refractivity contribution in [2.75, 3.05) is 11.1 Å². The van der Waals surface area contributed by atoms with Crippen LogP contribution in [-0.4, -0.2) is 36.6 Å². The molecule has 0 saturated carbocycles. The van der Waals surface area contributed by atoms with Crippen LogP contribution in [0.3, 0.4) is 0 Å². The minimum Gasteiger partial charge on any atom is -0.300 e. The molecule has 25 heavy (non-hydrogen) atoms. The van der Waals surface area contributed by atoms with Crippen LogP contribution in [0.4, 0.5) is 5.13 Å². The van der Waals surface area contributed by atoms with E-state index in [0.717, 1.165) is 15.9 Å². The molecule has 3 aromatic rings. The predicted molar refractivity (Wildman–Crippen MR) is 103 cm³/mol. The number of thioether (sulfide) groups is 1. The van der Waals surface area contributed by atoms with E-state index in [0.29, 0.717) is 16.8 Å². The van der Waals surface area contributed by atoms with Gasteiger partial charge in [0.15, 0.2) is 11.0 Å². The molecule has 2 aromatic heterocycles. The number of carbonyl (C=O) groups excluding carboxylic acids is 1. The van der Waals surface area contributed by atoms with Crippen LogP contribution < -0.4 is 5.32 Å². The maximum atomic E-state index is 12.0. The lowest BCUT2D eigenvalue weighted by Crippen LogP contribution is -2.14. The van der Waals surface area contributed by atoms with E-state index in [2.05, 4.69) is 48.2 Å². The van der Waals surface area contributed by atoms with Crippen molar-refractivity contribution < 1.29 is 4.79 Å². The number of aromatic nitrogens is 5. The standard InChI is InChI=1S/C15H13BrN6OS2/c1-2-7-22-13(10-3-5-11(16)6-4-10)19-21-15(22)24-8-12(23)18-14-20-17-9-25-14/h2-6,9H,1,7-8H2,(H,18,20,23). The predicted octanol–water partition coefficient (Wildman–Crippen LogP) is 3.48. The van der Waals surface area contributed by atoms with Gasteiger partial charge in [0.05, 0.1) is 5.75 Å². The third kappa shape index (κ3) is 4.53. The number of hydrogen-bond acceptors (Lipinski definition) is 7. The van der Waals surface area contributed by atoms with Gasteiger partial charge in [0.2, 0.25) is 11.0 Å². The molecule has 0 aliphatic carbocycles. The lowest BCUT2D eigenvalue weighted by Gasteiger charge is -2.07. The fraction of sp³-hybridized carbons (Fsp3) is 0.133. The first kappa shape index (κ1) is 17.8. The van der Waals surface area contributed by atoms with Crippen molar-refractivity contribution in [2.24, 2.45) is 0 Å². The number of carbonyl (C=O) groups is 1. The van der Waals surface area contributed by atoms with Gasteiger partial charge in [-0.05, 0) is 12.1 Å². The highest BCUT2D eigenvalue weighted by Crippen LogP contribution is 2.25. The van der Waals surface area contributed by atoms with Crippen LogP contribution in [0.2, 0.25) is 0 Å². The van der Waals surface area contributed by atoms with E-state index in [1.54, 1.807) is 11.6 Å². The molecule has 0 radical (unpaired) electrons. The minimum atomic E-state index is -0.167. The first-order valence-electron chi connectivity index (χ1n) is 7.16. The Labute approximate surface area is 160 Å². The second kappa shape index (κ2) is 8.37. The molecule has 0 spiro atoms. The Hall–Kier alpha value is -2.04. The first-order chi connectivity index (χ1) is 12.2. The average molecular weight is 437 g/mol. The maximum Gasteiger partial charge on any atom is 0.236 e. The molecule has 0 atom stereocenters. The third-order valence-electron chi connectivity index (χ3n) is 3.07. The lowest BCUT2D eigenvalue weighted by molar-refractivity contribution is -0.113. The molecule has 0 unspecified atom stereocenters. The van der Waals surface area contributed by atoms with Gasteiger partial charge in [0.25, 0.3) is 0 Å². The Bertz CT molecular complexity index is 863. The van der Waals surface area contributed by atoms with Crippen LogP contribution in [0.5, 0.6) is 0 Å². The van der Waals surface area contributed by atoms with Crippen LogP contribution in [0, 0.1) is 0 Å². The normalized spacial score (nSPS) is 10.6. The number of benzene rings is 1. The molecular formula is C15H13BrN6OS2. The van der Waals surface area contributed by atoms with Crippen molar-refractivity contribution in [3.63, 3.8) is 0 Å². The second-order valence-corrected chi connectivity index (χ2v) is 7.48. The smallest absolute Gasteiger partial charge is 0.236 e. The molecular weight excluding hydrogens is 424 g/mol. The van der Waals surface area contributed by atoms with Gasteiger partial charge < -0.3 is 0 Å². The molecule has 1 amide bonds. The number of anilines is 1. The summed E-state index contributed by atoms with van der Waals surface area (Å²) < 4.78 is 2.92. The number of nitrogens with zero attached hydrogens (tertiary/aromatic N) is 5. The van der Waals surface area contributed by atoms with Gasteiger partial charge in [0.1, 0.15) is 5.51 Å². The second-order valence-electron chi connectivity index (χ2n) is 4.79. The molecule has 0 aliphatic rings. The Morgan fingerprint density at radius 3 is 2.80 bits per heavy atom. The zero-order chi connectivity index (χ0) is 17.6. The average Bonchev–Trinajstić information content (AvgIpc) is 3.24. The highest BCUT2D eigenvalue weighted by molar-refractivity contribution is 9.10. The maximum absolute atomic E-state index is 12.0. The third-order valence-corrected chi connectivity index (χ3v) is 5.17. The first-order valence-corrected chi connectivity index (χ1v) is 9.82. The Morgan fingerprint density at radius 1 is 1.32 bits per heavy atom. The lowest BCUT2D eigenvalue weighted by atomic mass is 10.2. The van der Waals surface area contributed by atoms with E-state index in [1.165, 1.54) is 23.1 Å². The number of hydrogen-bond donors (Lipinski definition) is 1. The summed E-state index contributed by atoms with van der Waals surface area (Å²) in [6.45, 7) is 4.34. The molecule has 1 aromatic carbocycles. The van der Waals surface area contributed by atoms with E-state index in [4.69, 9.17) is 0 Å². The summed E-state index contributed by atoms with van der Waals surface area (Å²) in [5, 5.41) is 19.8. The van der Waals surface area contributed by atoms with E-state index in [1.807, 2.05) is 28.8 Å². The highest BCUT2D eigenvalue weighted by Gasteiger charge is 2.15. The molecule has 2 heterocycles. The van der Waals surface area contributed by atoms with Gasteiger partial charge in [-0.3, -0.25) is 14.7 Å². The van der Waals surface area contributed by atoms with Gasteiger partial charge in [-0.15, -0.1) is 27.0 Å². The number of amides is 1. The summed E-state index contributed by atoms with van der Waals surface area (Å²) in [6, 6.07) is 7.82. The molecule has 128 valence electrons. The Kier molecular flexibility index (Phi) is 5.95. The molecule has 3 rings (SSSR count). The summed E-state index contributed by atoms with van der Waals surface area (Å²) in [6.07, 6.45) is 1.77. The minimum absolute atomic E-state index is 0.167. The van der Waals surface area contributed by atoms with E-state index in [-0.39, 0.29) is 11.7 Å². The molecule has 10 heteroatoms. The summed E-state index contributed by atoms with van der Waals surface area (Å²) in [4.78, 5) is 12.0. The number of halogens is 1. The molecule has 1 N–H and O–H groups in total. The van der Waals surface area contributed by atoms with Crippen molar-refractivity contribution in [2.45, 2.75) is 11.7 Å². The van der Waals surface area contributed by atoms with Crippen LogP contribution in [-0.2, 0) is 11.3 Å². The van der Waals surface area contributed by atoms with Gasteiger partial charge in [-0.25, -0.2) is 0 Å². The SMILES string of the molecule is C=CCn1c(SCC(=O)Nc2nncs2)nnc1-c1ccc(Br)cc1. The number of rotatable bonds is 7. The highest BCUT2D eigenvalue weighted by atomic mass is 79.9. The van der Waals surface area contributed by atoms with Crippen LogP contribution in [0.15, 0.2) is 52.1 Å². The zero-order valence-electron chi connectivity index (χ0n) is 12.9. The largest absolute Gasteiger partial charge is 0.300 e. The summed E-state index contributed by atoms with van der Waals surface area (Å²) in [5.41, 5.74) is 2.51. The van der Waals surface area contributed by atoms with Crippen molar-refractivity contribution >= 4 is 50.1 Å². The van der Waals surface area contributed by atoms with Crippen molar-refractivity contribution in [1.82, 2.24) is 25.0 Å². The van der Waals surface area contributed by atoms with Gasteiger partial charge >= 0.3 is 0 Å².